The quantitative estimate of drug-likeness (QED) is 0.615. The number of nitrogens with zero attached hydrogens (tertiary/aromatic N) is 1. The number of sulfonamides is 1. The minimum atomic E-state index is -3.67. The number of hydrogen-bond donors (Lipinski definition) is 1. The molecule has 1 amide bonds. The molecule has 2 aromatic rings. The van der Waals surface area contributed by atoms with Gasteiger partial charge in [-0.2, -0.15) is 0 Å². The molecule has 32 heavy (non-hydrogen) atoms. The van der Waals surface area contributed by atoms with Gasteiger partial charge in [0, 0.05) is 0 Å². The maximum Gasteiger partial charge on any atom is 0.244 e. The van der Waals surface area contributed by atoms with Crippen LogP contribution >= 0.6 is 0 Å². The lowest BCUT2D eigenvalue weighted by Crippen LogP contribution is -2.48. The maximum atomic E-state index is 13.2. The van der Waals surface area contributed by atoms with E-state index in [4.69, 9.17) is 4.74 Å². The highest BCUT2D eigenvalue weighted by Crippen LogP contribution is 2.32. The van der Waals surface area contributed by atoms with Gasteiger partial charge in [0.25, 0.3) is 0 Å². The molecule has 6 nitrogen and oxygen atoms in total. The Balaban J connectivity index is 2.35. The Kier molecular flexibility index (Phi) is 7.99. The summed E-state index contributed by atoms with van der Waals surface area (Å²) in [6, 6.07) is 8.24. The zero-order valence-corrected chi connectivity index (χ0v) is 21.4. The first-order valence-electron chi connectivity index (χ1n) is 10.8. The van der Waals surface area contributed by atoms with E-state index >= 15 is 0 Å². The average Bonchev–Trinajstić information content (AvgIpc) is 2.68. The molecule has 0 aromatic heterocycles. The molecule has 0 radical (unpaired) electrons. The smallest absolute Gasteiger partial charge is 0.244 e. The summed E-state index contributed by atoms with van der Waals surface area (Å²) < 4.78 is 31.9. The van der Waals surface area contributed by atoms with Crippen molar-refractivity contribution < 1.29 is 17.9 Å². The summed E-state index contributed by atoms with van der Waals surface area (Å²) in [6.07, 6.45) is 1.12. The number of carbonyl (C=O) groups is 1. The molecule has 0 unspecified atom stereocenters. The minimum Gasteiger partial charge on any atom is -0.496 e. The first-order valence-corrected chi connectivity index (χ1v) is 12.7. The van der Waals surface area contributed by atoms with E-state index in [1.807, 2.05) is 39.8 Å². The van der Waals surface area contributed by atoms with Gasteiger partial charge in [-0.05, 0) is 92.6 Å². The predicted octanol–water partition coefficient (Wildman–Crippen LogP) is 4.78. The standard InChI is InChI=1S/C25H36N2O4S/c1-15(2)22-14-23(18(5)13-24(22)31-8)19(6)26-25(28)20(7)27(32(9,29)30)21-11-10-16(3)17(4)12-21/h10-15,19-20H,1-9H3,(H,26,28)/t19-,20+/m1/s1. The van der Waals surface area contributed by atoms with E-state index in [9.17, 15) is 13.2 Å². The molecule has 176 valence electrons. The Bertz CT molecular complexity index is 1090. The Morgan fingerprint density at radius 3 is 2.06 bits per heavy atom. The van der Waals surface area contributed by atoms with Gasteiger partial charge in [-0.3, -0.25) is 9.10 Å². The molecule has 2 rings (SSSR count). The van der Waals surface area contributed by atoms with Gasteiger partial charge >= 0.3 is 0 Å². The van der Waals surface area contributed by atoms with Crippen LogP contribution in [-0.4, -0.2) is 33.7 Å². The third kappa shape index (κ3) is 5.63. The van der Waals surface area contributed by atoms with Crippen LogP contribution in [0.3, 0.4) is 0 Å². The van der Waals surface area contributed by atoms with E-state index in [1.54, 1.807) is 26.2 Å². The highest BCUT2D eigenvalue weighted by atomic mass is 32.2. The van der Waals surface area contributed by atoms with Crippen molar-refractivity contribution in [1.29, 1.82) is 0 Å². The summed E-state index contributed by atoms with van der Waals surface area (Å²) in [6.45, 7) is 13.6. The summed E-state index contributed by atoms with van der Waals surface area (Å²) in [4.78, 5) is 13.2. The molecular formula is C25H36N2O4S. The predicted molar refractivity (Wildman–Crippen MR) is 131 cm³/mol. The molecule has 0 heterocycles. The molecule has 0 aliphatic rings. The van der Waals surface area contributed by atoms with E-state index < -0.39 is 16.1 Å². The van der Waals surface area contributed by atoms with Gasteiger partial charge in [0.05, 0.1) is 25.1 Å². The fourth-order valence-electron chi connectivity index (χ4n) is 3.89. The number of ether oxygens (including phenoxy) is 1. The summed E-state index contributed by atoms with van der Waals surface area (Å²) in [7, 11) is -2.02. The summed E-state index contributed by atoms with van der Waals surface area (Å²) in [5, 5.41) is 3.00. The topological polar surface area (TPSA) is 75.7 Å². The fourth-order valence-corrected chi connectivity index (χ4v) is 5.06. The molecule has 0 spiro atoms. The third-order valence-corrected chi connectivity index (χ3v) is 7.14. The van der Waals surface area contributed by atoms with E-state index in [1.165, 1.54) is 4.31 Å². The van der Waals surface area contributed by atoms with Gasteiger partial charge in [-0.15, -0.1) is 0 Å². The number of anilines is 1. The maximum absolute atomic E-state index is 13.2. The summed E-state index contributed by atoms with van der Waals surface area (Å²) in [5.74, 6) is 0.727. The largest absolute Gasteiger partial charge is 0.496 e. The van der Waals surface area contributed by atoms with Crippen molar-refractivity contribution in [3.05, 3.63) is 58.1 Å². The van der Waals surface area contributed by atoms with Gasteiger partial charge in [0.2, 0.25) is 15.9 Å². The first-order chi connectivity index (χ1) is 14.8. The lowest BCUT2D eigenvalue weighted by molar-refractivity contribution is -0.122. The van der Waals surface area contributed by atoms with Crippen molar-refractivity contribution >= 4 is 21.6 Å². The Labute approximate surface area is 193 Å². The molecule has 0 fully saturated rings. The number of amides is 1. The van der Waals surface area contributed by atoms with Crippen LogP contribution in [0.1, 0.15) is 67.5 Å². The number of carbonyl (C=O) groups excluding carboxylic acids is 1. The second-order valence-electron chi connectivity index (χ2n) is 8.84. The van der Waals surface area contributed by atoms with Crippen molar-refractivity contribution in [3.63, 3.8) is 0 Å². The zero-order chi connectivity index (χ0) is 24.4. The fraction of sp³-hybridized carbons (Fsp3) is 0.480. The summed E-state index contributed by atoms with van der Waals surface area (Å²) >= 11 is 0. The van der Waals surface area contributed by atoms with E-state index in [-0.39, 0.29) is 17.9 Å². The molecular weight excluding hydrogens is 424 g/mol. The van der Waals surface area contributed by atoms with E-state index in [0.29, 0.717) is 5.69 Å². The highest BCUT2D eigenvalue weighted by Gasteiger charge is 2.30. The van der Waals surface area contributed by atoms with Crippen LogP contribution in [0.15, 0.2) is 30.3 Å². The lowest BCUT2D eigenvalue weighted by atomic mass is 9.93. The number of rotatable bonds is 8. The van der Waals surface area contributed by atoms with Crippen molar-refractivity contribution in [2.24, 2.45) is 0 Å². The number of methoxy groups -OCH3 is 1. The first kappa shape index (κ1) is 25.7. The monoisotopic (exact) mass is 460 g/mol. The molecule has 2 atom stereocenters. The zero-order valence-electron chi connectivity index (χ0n) is 20.6. The van der Waals surface area contributed by atoms with Crippen LogP contribution in [0.5, 0.6) is 5.75 Å². The molecule has 1 N–H and O–H groups in total. The van der Waals surface area contributed by atoms with Crippen LogP contribution in [-0.2, 0) is 14.8 Å². The van der Waals surface area contributed by atoms with Crippen LogP contribution in [0, 0.1) is 20.8 Å². The van der Waals surface area contributed by atoms with Gasteiger partial charge in [0.15, 0.2) is 0 Å². The Morgan fingerprint density at radius 2 is 1.56 bits per heavy atom. The highest BCUT2D eigenvalue weighted by molar-refractivity contribution is 7.92. The third-order valence-electron chi connectivity index (χ3n) is 5.90. The van der Waals surface area contributed by atoms with E-state index in [0.717, 1.165) is 39.8 Å². The second-order valence-corrected chi connectivity index (χ2v) is 10.7. The normalized spacial score (nSPS) is 13.6. The Hall–Kier alpha value is -2.54. The molecule has 0 saturated carbocycles. The molecule has 2 aromatic carbocycles. The van der Waals surface area contributed by atoms with Crippen molar-refractivity contribution in [2.75, 3.05) is 17.7 Å². The lowest BCUT2D eigenvalue weighted by Gasteiger charge is -2.30. The van der Waals surface area contributed by atoms with E-state index in [2.05, 4.69) is 25.2 Å². The molecule has 0 saturated heterocycles. The molecule has 7 heteroatoms. The molecule has 0 aliphatic heterocycles. The van der Waals surface area contributed by atoms with Gasteiger partial charge < -0.3 is 10.1 Å². The number of hydrogen-bond acceptors (Lipinski definition) is 4. The van der Waals surface area contributed by atoms with Crippen LogP contribution in [0.4, 0.5) is 5.69 Å². The second kappa shape index (κ2) is 9.94. The average molecular weight is 461 g/mol. The van der Waals surface area contributed by atoms with Gasteiger partial charge in [-0.25, -0.2) is 8.42 Å². The van der Waals surface area contributed by atoms with Crippen LogP contribution in [0.2, 0.25) is 0 Å². The minimum absolute atomic E-state index is 0.261. The van der Waals surface area contributed by atoms with Gasteiger partial charge in [-0.1, -0.05) is 19.9 Å². The number of nitrogens with one attached hydrogen (secondary N) is 1. The Morgan fingerprint density at radius 1 is 0.938 bits per heavy atom. The molecule has 0 aliphatic carbocycles. The van der Waals surface area contributed by atoms with Crippen molar-refractivity contribution in [2.45, 2.75) is 66.5 Å². The van der Waals surface area contributed by atoms with Gasteiger partial charge in [0.1, 0.15) is 11.8 Å². The van der Waals surface area contributed by atoms with Crippen LogP contribution < -0.4 is 14.4 Å². The number of benzene rings is 2. The van der Waals surface area contributed by atoms with Crippen molar-refractivity contribution in [3.8, 4) is 5.75 Å². The number of aryl methyl sites for hydroxylation is 3. The van der Waals surface area contributed by atoms with Crippen LogP contribution in [0.25, 0.3) is 0 Å². The van der Waals surface area contributed by atoms with Crippen molar-refractivity contribution in [1.82, 2.24) is 5.32 Å². The SMILES string of the molecule is COc1cc(C)c([C@@H](C)NC(=O)[C@H](C)N(c2ccc(C)c(C)c2)S(C)(=O)=O)cc1C(C)C. The molecule has 0 bridgehead atoms. The summed E-state index contributed by atoms with van der Waals surface area (Å²) in [5.41, 5.74) is 5.55.